The van der Waals surface area contributed by atoms with E-state index in [0.29, 0.717) is 6.04 Å². The minimum absolute atomic E-state index is 0. The molecular formula is C19H31Cl2N3. The van der Waals surface area contributed by atoms with Crippen LogP contribution in [0, 0.1) is 0 Å². The topological polar surface area (TPSA) is 39.9 Å². The number of nitrogens with one attached hydrogen (secondary N) is 3. The fourth-order valence-corrected chi connectivity index (χ4v) is 4.22. The lowest BCUT2D eigenvalue weighted by atomic mass is 9.79. The van der Waals surface area contributed by atoms with E-state index in [1.165, 1.54) is 29.3 Å². The molecule has 1 fully saturated rings. The molecule has 0 unspecified atom stereocenters. The lowest BCUT2D eigenvalue weighted by molar-refractivity contribution is 0.147. The number of hydrogen-bond donors (Lipinski definition) is 3. The Hall–Kier alpha value is -0.740. The van der Waals surface area contributed by atoms with Crippen molar-refractivity contribution in [1.82, 2.24) is 15.6 Å². The molecule has 0 amide bonds. The third-order valence-electron chi connectivity index (χ3n) is 4.69. The zero-order valence-corrected chi connectivity index (χ0v) is 16.7. The molecule has 0 radical (unpaired) electrons. The van der Waals surface area contributed by atoms with Crippen molar-refractivity contribution in [3.63, 3.8) is 0 Å². The second-order valence-electron chi connectivity index (χ2n) is 8.06. The number of hydrogen-bond acceptors (Lipinski definition) is 2. The summed E-state index contributed by atoms with van der Waals surface area (Å²) < 4.78 is 0. The number of rotatable bonds is 4. The van der Waals surface area contributed by atoms with Gasteiger partial charge in [0.15, 0.2) is 0 Å². The van der Waals surface area contributed by atoms with Gasteiger partial charge in [-0.25, -0.2) is 0 Å². The van der Waals surface area contributed by atoms with Crippen molar-refractivity contribution in [3.8, 4) is 0 Å². The van der Waals surface area contributed by atoms with Gasteiger partial charge in [0.1, 0.15) is 0 Å². The van der Waals surface area contributed by atoms with Crippen molar-refractivity contribution < 1.29 is 0 Å². The van der Waals surface area contributed by atoms with Crippen LogP contribution in [-0.2, 0) is 6.42 Å². The molecule has 1 aromatic carbocycles. The molecule has 0 spiro atoms. The van der Waals surface area contributed by atoms with Crippen molar-refractivity contribution in [2.45, 2.75) is 64.1 Å². The first-order valence-corrected chi connectivity index (χ1v) is 8.42. The average Bonchev–Trinajstić information content (AvgIpc) is 2.79. The summed E-state index contributed by atoms with van der Waals surface area (Å²) in [5, 5.41) is 8.88. The third-order valence-corrected chi connectivity index (χ3v) is 4.69. The second-order valence-corrected chi connectivity index (χ2v) is 8.06. The summed E-state index contributed by atoms with van der Waals surface area (Å²) in [6, 6.07) is 9.14. The van der Waals surface area contributed by atoms with Gasteiger partial charge in [-0.15, -0.1) is 24.8 Å². The molecule has 2 aromatic rings. The summed E-state index contributed by atoms with van der Waals surface area (Å²) in [4.78, 5) is 3.36. The van der Waals surface area contributed by atoms with Gasteiger partial charge in [0, 0.05) is 34.2 Å². The maximum Gasteiger partial charge on any atom is 0.0456 e. The normalized spacial score (nSPS) is 19.5. The minimum Gasteiger partial charge on any atom is -0.361 e. The fourth-order valence-electron chi connectivity index (χ4n) is 4.22. The van der Waals surface area contributed by atoms with E-state index < -0.39 is 0 Å². The summed E-state index contributed by atoms with van der Waals surface area (Å²) in [5.41, 5.74) is 3.07. The largest absolute Gasteiger partial charge is 0.361 e. The van der Waals surface area contributed by atoms with Gasteiger partial charge < -0.3 is 15.6 Å². The van der Waals surface area contributed by atoms with E-state index >= 15 is 0 Å². The molecule has 3 rings (SSSR count). The van der Waals surface area contributed by atoms with Crippen molar-refractivity contribution >= 4 is 35.7 Å². The molecule has 5 heteroatoms. The minimum atomic E-state index is 0. The monoisotopic (exact) mass is 371 g/mol. The molecule has 2 heterocycles. The van der Waals surface area contributed by atoms with Gasteiger partial charge in [-0.1, -0.05) is 18.2 Å². The van der Waals surface area contributed by atoms with Crippen LogP contribution in [0.2, 0.25) is 0 Å². The van der Waals surface area contributed by atoms with E-state index in [4.69, 9.17) is 0 Å². The number of piperidine rings is 1. The molecule has 0 bridgehead atoms. The van der Waals surface area contributed by atoms with Gasteiger partial charge in [-0.05, 0) is 65.1 Å². The van der Waals surface area contributed by atoms with E-state index in [0.717, 1.165) is 13.0 Å². The molecule has 1 aromatic heterocycles. The van der Waals surface area contributed by atoms with E-state index in [1.807, 2.05) is 0 Å². The first-order chi connectivity index (χ1) is 10.3. The highest BCUT2D eigenvalue weighted by Gasteiger charge is 2.37. The quantitative estimate of drug-likeness (QED) is 0.742. The van der Waals surface area contributed by atoms with Crippen LogP contribution in [0.5, 0.6) is 0 Å². The molecule has 3 nitrogen and oxygen atoms in total. The molecule has 136 valence electrons. The molecule has 0 saturated carbocycles. The van der Waals surface area contributed by atoms with Crippen molar-refractivity contribution in [2.75, 3.05) is 6.54 Å². The summed E-state index contributed by atoms with van der Waals surface area (Å²) >= 11 is 0. The number of aromatic nitrogens is 1. The Kier molecular flexibility index (Phi) is 7.18. The van der Waals surface area contributed by atoms with Gasteiger partial charge >= 0.3 is 0 Å². The molecular weight excluding hydrogens is 341 g/mol. The van der Waals surface area contributed by atoms with Crippen molar-refractivity contribution in [2.24, 2.45) is 0 Å². The molecule has 24 heavy (non-hydrogen) atoms. The zero-order chi connectivity index (χ0) is 15.8. The van der Waals surface area contributed by atoms with Crippen LogP contribution >= 0.6 is 24.8 Å². The lowest BCUT2D eigenvalue weighted by Crippen LogP contribution is -2.61. The molecule has 3 N–H and O–H groups in total. The molecule has 1 aliphatic heterocycles. The highest BCUT2D eigenvalue weighted by atomic mass is 35.5. The first-order valence-electron chi connectivity index (χ1n) is 8.42. The Bertz CT molecular complexity index is 633. The Morgan fingerprint density at radius 1 is 1.04 bits per heavy atom. The molecule has 1 saturated heterocycles. The number of para-hydroxylation sites is 1. The second kappa shape index (κ2) is 8.09. The summed E-state index contributed by atoms with van der Waals surface area (Å²) in [6.45, 7) is 10.3. The van der Waals surface area contributed by atoms with Crippen LogP contribution in [0.1, 0.15) is 46.1 Å². The highest BCUT2D eigenvalue weighted by Crippen LogP contribution is 2.28. The van der Waals surface area contributed by atoms with Gasteiger partial charge in [0.25, 0.3) is 0 Å². The number of fused-ring (bicyclic) bond motifs is 1. The Morgan fingerprint density at radius 3 is 2.33 bits per heavy atom. The van der Waals surface area contributed by atoms with Gasteiger partial charge in [-0.2, -0.15) is 0 Å². The number of halogens is 2. The van der Waals surface area contributed by atoms with Crippen molar-refractivity contribution in [1.29, 1.82) is 0 Å². The summed E-state index contributed by atoms with van der Waals surface area (Å²) in [6.07, 6.45) is 5.60. The van der Waals surface area contributed by atoms with E-state index in [9.17, 15) is 0 Å². The zero-order valence-electron chi connectivity index (χ0n) is 15.1. The highest BCUT2D eigenvalue weighted by molar-refractivity contribution is 5.85. The van der Waals surface area contributed by atoms with Crippen LogP contribution in [-0.4, -0.2) is 28.6 Å². The summed E-state index contributed by atoms with van der Waals surface area (Å²) in [5.74, 6) is 0. The number of benzene rings is 1. The molecule has 0 aliphatic carbocycles. The van der Waals surface area contributed by atoms with Gasteiger partial charge in [0.05, 0.1) is 0 Å². The Balaban J connectivity index is 0.00000144. The SMILES string of the molecule is CC1(C)CC(NCCc2c[nH]c3ccccc23)CC(C)(C)N1.Cl.Cl. The standard InChI is InChI=1S/C19H29N3.2ClH/c1-18(2)11-15(12-19(3,4)22-18)20-10-9-14-13-21-17-8-6-5-7-16(14)17;;/h5-8,13,15,20-22H,9-12H2,1-4H3;2*1H. The summed E-state index contributed by atoms with van der Waals surface area (Å²) in [7, 11) is 0. The molecule has 1 aliphatic rings. The van der Waals surface area contributed by atoms with Crippen molar-refractivity contribution in [3.05, 3.63) is 36.0 Å². The van der Waals surface area contributed by atoms with Crippen LogP contribution in [0.15, 0.2) is 30.5 Å². The predicted molar refractivity (Wildman–Crippen MR) is 109 cm³/mol. The predicted octanol–water partition coefficient (Wildman–Crippen LogP) is 4.45. The first kappa shape index (κ1) is 21.3. The van der Waals surface area contributed by atoms with E-state index in [-0.39, 0.29) is 35.9 Å². The van der Waals surface area contributed by atoms with Gasteiger partial charge in [-0.3, -0.25) is 0 Å². The van der Waals surface area contributed by atoms with Crippen LogP contribution in [0.25, 0.3) is 10.9 Å². The maximum absolute atomic E-state index is 3.78. The smallest absolute Gasteiger partial charge is 0.0456 e. The maximum atomic E-state index is 3.78. The van der Waals surface area contributed by atoms with Gasteiger partial charge in [0.2, 0.25) is 0 Å². The Labute approximate surface area is 158 Å². The number of aromatic amines is 1. The van der Waals surface area contributed by atoms with Crippen LogP contribution in [0.3, 0.4) is 0 Å². The average molecular weight is 372 g/mol. The van der Waals surface area contributed by atoms with E-state index in [2.05, 4.69) is 73.8 Å². The van der Waals surface area contributed by atoms with E-state index in [1.54, 1.807) is 0 Å². The number of H-pyrrole nitrogens is 1. The van der Waals surface area contributed by atoms with Crippen LogP contribution in [0.4, 0.5) is 0 Å². The van der Waals surface area contributed by atoms with Crippen LogP contribution < -0.4 is 10.6 Å². The third kappa shape index (κ3) is 5.13. The lowest BCUT2D eigenvalue weighted by Gasteiger charge is -2.46. The Morgan fingerprint density at radius 2 is 1.67 bits per heavy atom. The molecule has 0 atom stereocenters. The fraction of sp³-hybridized carbons (Fsp3) is 0.579.